The van der Waals surface area contributed by atoms with Crippen molar-refractivity contribution in [1.82, 2.24) is 4.90 Å². The van der Waals surface area contributed by atoms with Crippen molar-refractivity contribution in [2.45, 2.75) is 19.4 Å². The summed E-state index contributed by atoms with van der Waals surface area (Å²) in [6, 6.07) is 5.35. The summed E-state index contributed by atoms with van der Waals surface area (Å²) in [7, 11) is 1.61. The average molecular weight is 225 g/mol. The van der Waals surface area contributed by atoms with Crippen molar-refractivity contribution in [3.63, 3.8) is 0 Å². The molecule has 1 aromatic rings. The van der Waals surface area contributed by atoms with Gasteiger partial charge in [-0.05, 0) is 38.1 Å². The fraction of sp³-hybridized carbons (Fsp3) is 0.417. The topological polar surface area (TPSA) is 40.5 Å². The van der Waals surface area contributed by atoms with Crippen molar-refractivity contribution in [2.75, 3.05) is 13.7 Å². The van der Waals surface area contributed by atoms with Crippen LogP contribution >= 0.6 is 0 Å². The van der Waals surface area contributed by atoms with Crippen LogP contribution in [0.25, 0.3) is 0 Å². The van der Waals surface area contributed by atoms with Gasteiger partial charge in [0.1, 0.15) is 5.82 Å². The quantitative estimate of drug-likeness (QED) is 0.850. The van der Waals surface area contributed by atoms with E-state index in [0.717, 1.165) is 0 Å². The molecule has 3 nitrogen and oxygen atoms in total. The third kappa shape index (κ3) is 2.58. The zero-order valence-corrected chi connectivity index (χ0v) is 9.70. The van der Waals surface area contributed by atoms with E-state index in [1.165, 1.54) is 29.2 Å². The van der Waals surface area contributed by atoms with E-state index in [1.54, 1.807) is 20.9 Å². The summed E-state index contributed by atoms with van der Waals surface area (Å²) >= 11 is 0. The molecule has 0 aliphatic carbocycles. The number of aliphatic hydroxyl groups excluding tert-OH is 1. The Morgan fingerprint density at radius 1 is 1.38 bits per heavy atom. The Bertz CT molecular complexity index is 373. The van der Waals surface area contributed by atoms with Crippen molar-refractivity contribution >= 4 is 5.91 Å². The van der Waals surface area contributed by atoms with Gasteiger partial charge in [-0.25, -0.2) is 4.39 Å². The van der Waals surface area contributed by atoms with Crippen LogP contribution in [0.4, 0.5) is 4.39 Å². The molecule has 0 saturated heterocycles. The average Bonchev–Trinajstić information content (AvgIpc) is 2.28. The summed E-state index contributed by atoms with van der Waals surface area (Å²) in [6.07, 6.45) is 0. The summed E-state index contributed by atoms with van der Waals surface area (Å²) < 4.78 is 12.7. The first kappa shape index (κ1) is 12.6. The van der Waals surface area contributed by atoms with Crippen LogP contribution in [0.1, 0.15) is 24.2 Å². The smallest absolute Gasteiger partial charge is 0.254 e. The summed E-state index contributed by atoms with van der Waals surface area (Å²) in [6.45, 7) is 3.39. The van der Waals surface area contributed by atoms with Crippen LogP contribution in [-0.4, -0.2) is 35.1 Å². The summed E-state index contributed by atoms with van der Waals surface area (Å²) in [5.74, 6) is -0.611. The van der Waals surface area contributed by atoms with Crippen molar-refractivity contribution in [1.29, 1.82) is 0 Å². The van der Waals surface area contributed by atoms with Crippen molar-refractivity contribution in [3.8, 4) is 0 Å². The second-order valence-electron chi connectivity index (χ2n) is 4.34. The summed E-state index contributed by atoms with van der Waals surface area (Å²) in [4.78, 5) is 13.4. The first-order chi connectivity index (χ1) is 7.38. The molecule has 1 N–H and O–H groups in total. The number of hydrogen-bond donors (Lipinski definition) is 1. The highest BCUT2D eigenvalue weighted by molar-refractivity contribution is 5.94. The molecular formula is C12H16FNO2. The lowest BCUT2D eigenvalue weighted by Crippen LogP contribution is -2.47. The molecule has 0 aliphatic rings. The van der Waals surface area contributed by atoms with Crippen LogP contribution in [0.3, 0.4) is 0 Å². The number of amides is 1. The molecule has 0 spiro atoms. The van der Waals surface area contributed by atoms with Crippen LogP contribution in [0.2, 0.25) is 0 Å². The molecule has 4 heteroatoms. The fourth-order valence-corrected chi connectivity index (χ4v) is 1.17. The third-order valence-electron chi connectivity index (χ3n) is 2.69. The van der Waals surface area contributed by atoms with Gasteiger partial charge in [0.15, 0.2) is 0 Å². The van der Waals surface area contributed by atoms with Gasteiger partial charge in [-0.3, -0.25) is 4.79 Å². The summed E-state index contributed by atoms with van der Waals surface area (Å²) in [5.41, 5.74) is -0.226. The predicted octanol–water partition coefficient (Wildman–Crippen LogP) is 1.67. The normalized spacial score (nSPS) is 11.3. The number of carbonyl (C=O) groups is 1. The van der Waals surface area contributed by atoms with Gasteiger partial charge in [0.25, 0.3) is 5.91 Å². The largest absolute Gasteiger partial charge is 0.394 e. The molecule has 1 rings (SSSR count). The Morgan fingerprint density at radius 3 is 2.31 bits per heavy atom. The Kier molecular flexibility index (Phi) is 3.65. The zero-order chi connectivity index (χ0) is 12.3. The maximum Gasteiger partial charge on any atom is 0.254 e. The molecule has 0 atom stereocenters. The Hall–Kier alpha value is -1.42. The molecule has 1 amide bonds. The second kappa shape index (κ2) is 4.61. The molecule has 1 aromatic carbocycles. The van der Waals surface area contributed by atoms with E-state index < -0.39 is 5.54 Å². The minimum Gasteiger partial charge on any atom is -0.394 e. The van der Waals surface area contributed by atoms with Crippen LogP contribution in [0, 0.1) is 5.82 Å². The molecular weight excluding hydrogens is 209 g/mol. The SMILES string of the molecule is CN(C(=O)c1ccc(F)cc1)C(C)(C)CO. The number of rotatable bonds is 3. The lowest BCUT2D eigenvalue weighted by molar-refractivity contribution is 0.0473. The molecule has 0 bridgehead atoms. The number of likely N-dealkylation sites (N-methyl/N-ethyl adjacent to an activating group) is 1. The highest BCUT2D eigenvalue weighted by Gasteiger charge is 2.27. The van der Waals surface area contributed by atoms with Crippen molar-refractivity contribution in [3.05, 3.63) is 35.6 Å². The highest BCUT2D eigenvalue weighted by atomic mass is 19.1. The number of benzene rings is 1. The van der Waals surface area contributed by atoms with E-state index in [2.05, 4.69) is 0 Å². The minimum atomic E-state index is -0.633. The molecule has 0 heterocycles. The fourth-order valence-electron chi connectivity index (χ4n) is 1.17. The van der Waals surface area contributed by atoms with E-state index >= 15 is 0 Å². The van der Waals surface area contributed by atoms with E-state index in [1.807, 2.05) is 0 Å². The van der Waals surface area contributed by atoms with Gasteiger partial charge in [0.2, 0.25) is 0 Å². The number of halogens is 1. The zero-order valence-electron chi connectivity index (χ0n) is 9.70. The van der Waals surface area contributed by atoms with Crippen LogP contribution in [0.15, 0.2) is 24.3 Å². The number of carbonyl (C=O) groups excluding carboxylic acids is 1. The molecule has 0 unspecified atom stereocenters. The van der Waals surface area contributed by atoms with E-state index in [0.29, 0.717) is 5.56 Å². The second-order valence-corrected chi connectivity index (χ2v) is 4.34. The first-order valence-electron chi connectivity index (χ1n) is 5.03. The number of hydrogen-bond acceptors (Lipinski definition) is 2. The number of aliphatic hydroxyl groups is 1. The van der Waals surface area contributed by atoms with Crippen molar-refractivity contribution < 1.29 is 14.3 Å². The third-order valence-corrected chi connectivity index (χ3v) is 2.69. The van der Waals surface area contributed by atoms with Gasteiger partial charge in [-0.15, -0.1) is 0 Å². The van der Waals surface area contributed by atoms with E-state index in [9.17, 15) is 9.18 Å². The van der Waals surface area contributed by atoms with E-state index in [-0.39, 0.29) is 18.3 Å². The maximum atomic E-state index is 12.7. The van der Waals surface area contributed by atoms with Crippen LogP contribution in [0.5, 0.6) is 0 Å². The van der Waals surface area contributed by atoms with Gasteiger partial charge in [-0.2, -0.15) is 0 Å². The van der Waals surface area contributed by atoms with Gasteiger partial charge in [0, 0.05) is 12.6 Å². The lowest BCUT2D eigenvalue weighted by atomic mass is 10.0. The monoisotopic (exact) mass is 225 g/mol. The van der Waals surface area contributed by atoms with Crippen LogP contribution in [-0.2, 0) is 0 Å². The minimum absolute atomic E-state index is 0.129. The van der Waals surface area contributed by atoms with Crippen LogP contribution < -0.4 is 0 Å². The molecule has 88 valence electrons. The lowest BCUT2D eigenvalue weighted by Gasteiger charge is -2.33. The highest BCUT2D eigenvalue weighted by Crippen LogP contribution is 2.15. The molecule has 0 radical (unpaired) electrons. The van der Waals surface area contributed by atoms with Gasteiger partial charge in [0.05, 0.1) is 12.1 Å². The number of nitrogens with zero attached hydrogens (tertiary/aromatic N) is 1. The summed E-state index contributed by atoms with van der Waals surface area (Å²) in [5, 5.41) is 9.15. The van der Waals surface area contributed by atoms with Gasteiger partial charge in [-0.1, -0.05) is 0 Å². The molecule has 0 aliphatic heterocycles. The van der Waals surface area contributed by atoms with Gasteiger partial charge < -0.3 is 10.0 Å². The standard InChI is InChI=1S/C12H16FNO2/c1-12(2,8-15)14(3)11(16)9-4-6-10(13)7-5-9/h4-7,15H,8H2,1-3H3. The maximum absolute atomic E-state index is 12.7. The Morgan fingerprint density at radius 2 is 1.88 bits per heavy atom. The van der Waals surface area contributed by atoms with E-state index in [4.69, 9.17) is 5.11 Å². The Labute approximate surface area is 94.5 Å². The molecule has 0 saturated carbocycles. The Balaban J connectivity index is 2.90. The molecule has 0 fully saturated rings. The predicted molar refractivity (Wildman–Crippen MR) is 59.7 cm³/mol. The first-order valence-corrected chi connectivity index (χ1v) is 5.03. The van der Waals surface area contributed by atoms with Crippen molar-refractivity contribution in [2.24, 2.45) is 0 Å². The van der Waals surface area contributed by atoms with Gasteiger partial charge >= 0.3 is 0 Å². The molecule has 16 heavy (non-hydrogen) atoms. The molecule has 0 aromatic heterocycles.